The Hall–Kier alpha value is -1.10. The van der Waals surface area contributed by atoms with Gasteiger partial charge in [-0.05, 0) is 25.9 Å². The zero-order chi connectivity index (χ0) is 12.6. The van der Waals surface area contributed by atoms with E-state index >= 15 is 0 Å². The minimum absolute atomic E-state index is 0.00255. The lowest BCUT2D eigenvalue weighted by molar-refractivity contribution is -0.135. The summed E-state index contributed by atoms with van der Waals surface area (Å²) in [4.78, 5) is 24.2. The van der Waals surface area contributed by atoms with Gasteiger partial charge in [-0.3, -0.25) is 9.59 Å². The molecular weight excluding hydrogens is 206 g/mol. The first kappa shape index (κ1) is 14.9. The minimum atomic E-state index is -0.456. The molecule has 0 radical (unpaired) electrons. The first-order valence-electron chi connectivity index (χ1n) is 5.68. The second-order valence-corrected chi connectivity index (χ2v) is 4.34. The molecular formula is C11H23N3O2. The summed E-state index contributed by atoms with van der Waals surface area (Å²) >= 11 is 0. The van der Waals surface area contributed by atoms with Crippen molar-refractivity contribution in [3.05, 3.63) is 0 Å². The molecule has 0 aliphatic heterocycles. The van der Waals surface area contributed by atoms with Crippen LogP contribution in [0.5, 0.6) is 0 Å². The fraction of sp³-hybridized carbons (Fsp3) is 0.818. The summed E-state index contributed by atoms with van der Waals surface area (Å²) in [6.45, 7) is 5.43. The molecule has 0 fully saturated rings. The van der Waals surface area contributed by atoms with Gasteiger partial charge < -0.3 is 16.0 Å². The normalized spacial score (nSPS) is 10.5. The van der Waals surface area contributed by atoms with E-state index in [0.717, 1.165) is 13.0 Å². The van der Waals surface area contributed by atoms with Crippen LogP contribution in [0, 0.1) is 5.92 Å². The summed E-state index contributed by atoms with van der Waals surface area (Å²) in [5.41, 5.74) is 5.12. The predicted molar refractivity (Wildman–Crippen MR) is 63.8 cm³/mol. The van der Waals surface area contributed by atoms with Crippen LogP contribution < -0.4 is 11.1 Å². The SMILES string of the molecule is CNCCCC(=O)N(CC(N)=O)CC(C)C. The topological polar surface area (TPSA) is 75.4 Å². The number of hydrogen-bond donors (Lipinski definition) is 2. The minimum Gasteiger partial charge on any atom is -0.368 e. The summed E-state index contributed by atoms with van der Waals surface area (Å²) in [5, 5.41) is 2.98. The maximum atomic E-state index is 11.8. The molecule has 0 saturated carbocycles. The summed E-state index contributed by atoms with van der Waals surface area (Å²) in [6, 6.07) is 0. The van der Waals surface area contributed by atoms with E-state index in [1.54, 1.807) is 4.90 Å². The molecule has 0 heterocycles. The van der Waals surface area contributed by atoms with E-state index in [1.807, 2.05) is 20.9 Å². The van der Waals surface area contributed by atoms with Crippen molar-refractivity contribution >= 4 is 11.8 Å². The van der Waals surface area contributed by atoms with E-state index in [2.05, 4.69) is 5.32 Å². The number of primary amides is 1. The van der Waals surface area contributed by atoms with Crippen molar-refractivity contribution in [2.75, 3.05) is 26.7 Å². The van der Waals surface area contributed by atoms with Gasteiger partial charge >= 0.3 is 0 Å². The number of hydrogen-bond acceptors (Lipinski definition) is 3. The molecule has 0 aromatic carbocycles. The van der Waals surface area contributed by atoms with Crippen molar-refractivity contribution in [3.8, 4) is 0 Å². The highest BCUT2D eigenvalue weighted by molar-refractivity contribution is 5.83. The molecule has 5 nitrogen and oxygen atoms in total. The number of nitrogens with one attached hydrogen (secondary N) is 1. The van der Waals surface area contributed by atoms with E-state index in [-0.39, 0.29) is 12.5 Å². The van der Waals surface area contributed by atoms with Crippen LogP contribution in [0.25, 0.3) is 0 Å². The van der Waals surface area contributed by atoms with Crippen molar-refractivity contribution in [2.24, 2.45) is 11.7 Å². The quantitative estimate of drug-likeness (QED) is 0.573. The molecule has 0 bridgehead atoms. The van der Waals surface area contributed by atoms with E-state index < -0.39 is 5.91 Å². The van der Waals surface area contributed by atoms with Crippen molar-refractivity contribution < 1.29 is 9.59 Å². The molecule has 16 heavy (non-hydrogen) atoms. The lowest BCUT2D eigenvalue weighted by atomic mass is 10.2. The van der Waals surface area contributed by atoms with Gasteiger partial charge in [0.15, 0.2) is 0 Å². The Morgan fingerprint density at radius 1 is 1.38 bits per heavy atom. The summed E-state index contributed by atoms with van der Waals surface area (Å²) in [7, 11) is 1.85. The van der Waals surface area contributed by atoms with Crippen LogP contribution >= 0.6 is 0 Å². The third-order valence-electron chi connectivity index (χ3n) is 2.10. The van der Waals surface area contributed by atoms with Crippen molar-refractivity contribution in [1.82, 2.24) is 10.2 Å². The predicted octanol–water partition coefficient (Wildman–Crippen LogP) is -0.0441. The van der Waals surface area contributed by atoms with Gasteiger partial charge in [-0.25, -0.2) is 0 Å². The van der Waals surface area contributed by atoms with Crippen LogP contribution in [0.1, 0.15) is 26.7 Å². The van der Waals surface area contributed by atoms with Gasteiger partial charge in [0, 0.05) is 13.0 Å². The zero-order valence-corrected chi connectivity index (χ0v) is 10.5. The van der Waals surface area contributed by atoms with Gasteiger partial charge in [-0.15, -0.1) is 0 Å². The number of carbonyl (C=O) groups is 2. The van der Waals surface area contributed by atoms with Gasteiger partial charge in [-0.1, -0.05) is 13.8 Å². The number of amides is 2. The first-order valence-corrected chi connectivity index (χ1v) is 5.68. The monoisotopic (exact) mass is 229 g/mol. The number of rotatable bonds is 8. The van der Waals surface area contributed by atoms with E-state index in [9.17, 15) is 9.59 Å². The Morgan fingerprint density at radius 2 is 2.00 bits per heavy atom. The Balaban J connectivity index is 4.15. The van der Waals surface area contributed by atoms with Crippen molar-refractivity contribution in [2.45, 2.75) is 26.7 Å². The standard InChI is InChI=1S/C11H23N3O2/c1-9(2)7-14(8-10(12)15)11(16)5-4-6-13-3/h9,13H,4-8H2,1-3H3,(H2,12,15). The van der Waals surface area contributed by atoms with Crippen molar-refractivity contribution in [3.63, 3.8) is 0 Å². The van der Waals surface area contributed by atoms with E-state index in [0.29, 0.717) is 18.9 Å². The molecule has 0 rings (SSSR count). The van der Waals surface area contributed by atoms with Crippen LogP contribution in [-0.2, 0) is 9.59 Å². The van der Waals surface area contributed by atoms with Gasteiger partial charge in [0.2, 0.25) is 11.8 Å². The molecule has 0 unspecified atom stereocenters. The number of carbonyl (C=O) groups excluding carboxylic acids is 2. The lowest BCUT2D eigenvalue weighted by Crippen LogP contribution is -2.40. The summed E-state index contributed by atoms with van der Waals surface area (Å²) in [5.74, 6) is -0.113. The van der Waals surface area contributed by atoms with Crippen molar-refractivity contribution in [1.29, 1.82) is 0 Å². The molecule has 0 spiro atoms. The fourth-order valence-corrected chi connectivity index (χ4v) is 1.46. The highest BCUT2D eigenvalue weighted by Gasteiger charge is 2.16. The van der Waals surface area contributed by atoms with Crippen LogP contribution in [-0.4, -0.2) is 43.4 Å². The fourth-order valence-electron chi connectivity index (χ4n) is 1.46. The highest BCUT2D eigenvalue weighted by atomic mass is 16.2. The molecule has 0 aromatic rings. The molecule has 3 N–H and O–H groups in total. The maximum absolute atomic E-state index is 11.8. The largest absolute Gasteiger partial charge is 0.368 e. The maximum Gasteiger partial charge on any atom is 0.237 e. The third kappa shape index (κ3) is 7.23. The molecule has 0 atom stereocenters. The van der Waals surface area contributed by atoms with Crippen LogP contribution in [0.3, 0.4) is 0 Å². The first-order chi connectivity index (χ1) is 7.47. The van der Waals surface area contributed by atoms with E-state index in [4.69, 9.17) is 5.73 Å². The average molecular weight is 229 g/mol. The third-order valence-corrected chi connectivity index (χ3v) is 2.10. The molecule has 0 aromatic heterocycles. The van der Waals surface area contributed by atoms with Crippen LogP contribution in [0.2, 0.25) is 0 Å². The zero-order valence-electron chi connectivity index (χ0n) is 10.5. The Bertz CT molecular complexity index is 229. The van der Waals surface area contributed by atoms with Gasteiger partial charge in [0.05, 0.1) is 6.54 Å². The molecule has 5 heteroatoms. The lowest BCUT2D eigenvalue weighted by Gasteiger charge is -2.23. The Labute approximate surface area is 97.4 Å². The second kappa shape index (κ2) is 8.10. The average Bonchev–Trinajstić information content (AvgIpc) is 2.15. The molecule has 0 aliphatic carbocycles. The molecule has 0 saturated heterocycles. The van der Waals surface area contributed by atoms with Crippen LogP contribution in [0.15, 0.2) is 0 Å². The number of nitrogens with zero attached hydrogens (tertiary/aromatic N) is 1. The summed E-state index contributed by atoms with van der Waals surface area (Å²) < 4.78 is 0. The van der Waals surface area contributed by atoms with Gasteiger partial charge in [0.25, 0.3) is 0 Å². The van der Waals surface area contributed by atoms with Gasteiger partial charge in [0.1, 0.15) is 0 Å². The number of nitrogens with two attached hydrogens (primary N) is 1. The second-order valence-electron chi connectivity index (χ2n) is 4.34. The van der Waals surface area contributed by atoms with Crippen LogP contribution in [0.4, 0.5) is 0 Å². The molecule has 0 aliphatic rings. The molecule has 94 valence electrons. The smallest absolute Gasteiger partial charge is 0.237 e. The highest BCUT2D eigenvalue weighted by Crippen LogP contribution is 2.02. The Morgan fingerprint density at radius 3 is 2.44 bits per heavy atom. The molecule has 2 amide bonds. The van der Waals surface area contributed by atoms with Gasteiger partial charge in [-0.2, -0.15) is 0 Å². The van der Waals surface area contributed by atoms with E-state index in [1.165, 1.54) is 0 Å². The summed E-state index contributed by atoms with van der Waals surface area (Å²) in [6.07, 6.45) is 1.24. The Kier molecular flexibility index (Phi) is 7.54.